The molecule has 0 saturated carbocycles. The zero-order chi connectivity index (χ0) is 28.1. The van der Waals surface area contributed by atoms with Crippen LogP contribution in [0.2, 0.25) is 5.02 Å². The number of carbonyl (C=O) groups excluding carboxylic acids is 2. The van der Waals surface area contributed by atoms with E-state index in [2.05, 4.69) is 30.6 Å². The summed E-state index contributed by atoms with van der Waals surface area (Å²) in [7, 11) is 0. The number of rotatable bonds is 10. The number of nitrogens with zero attached hydrogens (tertiary/aromatic N) is 3. The molecular weight excluding hydrogens is 527 g/mol. The third-order valence-electron chi connectivity index (χ3n) is 6.56. The summed E-state index contributed by atoms with van der Waals surface area (Å²) in [5.74, 6) is -1.35. The molecule has 0 aromatic carbocycles. The molecule has 1 aliphatic rings. The average Bonchev–Trinajstić information content (AvgIpc) is 3.32. The maximum atomic E-state index is 15.1. The van der Waals surface area contributed by atoms with E-state index in [9.17, 15) is 9.59 Å². The first-order chi connectivity index (χ1) is 18.7. The van der Waals surface area contributed by atoms with Crippen LogP contribution in [0.15, 0.2) is 36.3 Å². The van der Waals surface area contributed by atoms with E-state index in [1.54, 1.807) is 25.3 Å². The Kier molecular flexibility index (Phi) is 9.13. The largest absolute Gasteiger partial charge is 0.463 e. The first-order valence-corrected chi connectivity index (χ1v) is 13.3. The molecule has 0 saturated heterocycles. The zero-order valence-electron chi connectivity index (χ0n) is 22.3. The number of aromatic nitrogens is 4. The van der Waals surface area contributed by atoms with Gasteiger partial charge in [-0.05, 0) is 31.9 Å². The Morgan fingerprint density at radius 3 is 2.69 bits per heavy atom. The van der Waals surface area contributed by atoms with Gasteiger partial charge in [-0.25, -0.2) is 24.1 Å². The summed E-state index contributed by atoms with van der Waals surface area (Å²) in [6.07, 6.45) is 6.98. The van der Waals surface area contributed by atoms with Crippen LogP contribution in [-0.4, -0.2) is 62.7 Å². The summed E-state index contributed by atoms with van der Waals surface area (Å²) in [6, 6.07) is 0.366. The number of amides is 1. The van der Waals surface area contributed by atoms with E-state index in [-0.39, 0.29) is 36.7 Å². The minimum absolute atomic E-state index is 0.0850. The van der Waals surface area contributed by atoms with E-state index in [0.29, 0.717) is 27.2 Å². The predicted molar refractivity (Wildman–Crippen MR) is 146 cm³/mol. The fraction of sp³-hybridized carbons (Fsp3) is 0.444. The van der Waals surface area contributed by atoms with Crippen LogP contribution in [0.3, 0.4) is 0 Å². The molecule has 3 heterocycles. The molecule has 3 N–H and O–H groups in total. The van der Waals surface area contributed by atoms with E-state index in [1.165, 1.54) is 13.1 Å². The van der Waals surface area contributed by atoms with Gasteiger partial charge in [0.1, 0.15) is 5.65 Å². The first-order valence-electron chi connectivity index (χ1n) is 13.0. The van der Waals surface area contributed by atoms with Crippen LogP contribution < -0.4 is 10.6 Å². The van der Waals surface area contributed by atoms with Crippen LogP contribution in [-0.2, 0) is 19.1 Å². The van der Waals surface area contributed by atoms with Crippen molar-refractivity contribution in [3.63, 3.8) is 0 Å². The van der Waals surface area contributed by atoms with E-state index in [1.807, 2.05) is 13.8 Å². The van der Waals surface area contributed by atoms with Crippen LogP contribution in [0.1, 0.15) is 47.0 Å². The normalized spacial score (nSPS) is 19.2. The van der Waals surface area contributed by atoms with Crippen molar-refractivity contribution in [2.24, 2.45) is 0 Å². The van der Waals surface area contributed by atoms with Gasteiger partial charge in [-0.3, -0.25) is 4.79 Å². The van der Waals surface area contributed by atoms with Crippen molar-refractivity contribution in [2.45, 2.75) is 71.2 Å². The topological polar surface area (TPSA) is 131 Å². The van der Waals surface area contributed by atoms with Gasteiger partial charge in [0.25, 0.3) is 0 Å². The summed E-state index contributed by atoms with van der Waals surface area (Å²) in [6.45, 7) is 7.34. The monoisotopic (exact) mass is 558 g/mol. The number of aromatic amines is 1. The van der Waals surface area contributed by atoms with E-state index in [0.717, 1.165) is 19.0 Å². The maximum absolute atomic E-state index is 15.1. The highest BCUT2D eigenvalue weighted by Crippen LogP contribution is 2.30. The van der Waals surface area contributed by atoms with Gasteiger partial charge in [0.2, 0.25) is 5.91 Å². The Bertz CT molecular complexity index is 1380. The zero-order valence-corrected chi connectivity index (χ0v) is 23.0. The number of ether oxygens (including phenoxy) is 2. The molecule has 0 aliphatic heterocycles. The molecule has 1 unspecified atom stereocenters. The highest BCUT2D eigenvalue weighted by molar-refractivity contribution is 6.31. The molecule has 3 atom stereocenters. The SMILES string of the molecule is CCOC(=O)C1=C[C@H](Nc2nc(-c3c[nH]c4ncc(Cl)cc34)ncc2F)C(NC(C)=O)[C@H](OC(CC)CC)C1. The third-order valence-corrected chi connectivity index (χ3v) is 6.77. The summed E-state index contributed by atoms with van der Waals surface area (Å²) < 4.78 is 26.7. The van der Waals surface area contributed by atoms with Crippen molar-refractivity contribution in [2.75, 3.05) is 11.9 Å². The molecule has 3 aromatic heterocycles. The van der Waals surface area contributed by atoms with Crippen molar-refractivity contribution in [1.29, 1.82) is 0 Å². The van der Waals surface area contributed by atoms with Gasteiger partial charge in [0, 0.05) is 42.3 Å². The lowest BCUT2D eigenvalue weighted by Crippen LogP contribution is -2.56. The highest BCUT2D eigenvalue weighted by Gasteiger charge is 2.38. The van der Waals surface area contributed by atoms with Crippen LogP contribution in [0.4, 0.5) is 10.2 Å². The number of anilines is 1. The van der Waals surface area contributed by atoms with Crippen LogP contribution in [0.5, 0.6) is 0 Å². The van der Waals surface area contributed by atoms with Gasteiger partial charge in [0.15, 0.2) is 17.5 Å². The Morgan fingerprint density at radius 2 is 2.00 bits per heavy atom. The number of esters is 1. The fourth-order valence-electron chi connectivity index (χ4n) is 4.67. The molecule has 0 fully saturated rings. The number of carbonyl (C=O) groups is 2. The molecule has 12 heteroatoms. The smallest absolute Gasteiger partial charge is 0.333 e. The number of nitrogens with one attached hydrogen (secondary N) is 3. The van der Waals surface area contributed by atoms with E-state index in [4.69, 9.17) is 21.1 Å². The number of hydrogen-bond donors (Lipinski definition) is 3. The Labute approximate surface area is 230 Å². The van der Waals surface area contributed by atoms with Crippen molar-refractivity contribution in [1.82, 2.24) is 25.3 Å². The molecule has 0 spiro atoms. The minimum atomic E-state index is -0.738. The summed E-state index contributed by atoms with van der Waals surface area (Å²) in [5, 5.41) is 7.11. The van der Waals surface area contributed by atoms with Gasteiger partial charge in [0.05, 0.1) is 42.1 Å². The quantitative estimate of drug-likeness (QED) is 0.309. The lowest BCUT2D eigenvalue weighted by Gasteiger charge is -2.39. The second kappa shape index (κ2) is 12.5. The lowest BCUT2D eigenvalue weighted by molar-refractivity contribution is -0.139. The first kappa shape index (κ1) is 28.4. The van der Waals surface area contributed by atoms with Crippen molar-refractivity contribution in [3.8, 4) is 11.4 Å². The molecule has 1 amide bonds. The summed E-state index contributed by atoms with van der Waals surface area (Å²) in [4.78, 5) is 40.8. The Morgan fingerprint density at radius 1 is 1.23 bits per heavy atom. The standard InChI is InChI=1S/C27H32ClFN6O4/c1-5-17(6-2)39-22-9-15(27(37)38-7-3)8-21(23(22)33-14(4)36)34-26-20(29)13-32-25(35-26)19-12-31-24-18(19)10-16(28)11-30-24/h8,10-13,17,21-23H,5-7,9H2,1-4H3,(H,30,31)(H,33,36)(H,32,34,35)/t21-,22+,23?/m0/s1. The number of hydrogen-bond acceptors (Lipinski definition) is 8. The van der Waals surface area contributed by atoms with Gasteiger partial charge in [-0.1, -0.05) is 25.4 Å². The van der Waals surface area contributed by atoms with E-state index < -0.39 is 30.0 Å². The molecule has 10 nitrogen and oxygen atoms in total. The second-order valence-electron chi connectivity index (χ2n) is 9.27. The summed E-state index contributed by atoms with van der Waals surface area (Å²) >= 11 is 6.13. The molecular formula is C27H32ClFN6O4. The molecule has 39 heavy (non-hydrogen) atoms. The van der Waals surface area contributed by atoms with Gasteiger partial charge >= 0.3 is 5.97 Å². The number of fused-ring (bicyclic) bond motifs is 1. The number of halogens is 2. The Balaban J connectivity index is 1.73. The van der Waals surface area contributed by atoms with Crippen molar-refractivity contribution in [3.05, 3.63) is 47.1 Å². The van der Waals surface area contributed by atoms with Gasteiger partial charge in [-0.15, -0.1) is 0 Å². The fourth-order valence-corrected chi connectivity index (χ4v) is 4.83. The third kappa shape index (κ3) is 6.54. The van der Waals surface area contributed by atoms with Gasteiger partial charge < -0.3 is 25.1 Å². The second-order valence-corrected chi connectivity index (χ2v) is 9.70. The molecule has 1 aliphatic carbocycles. The summed E-state index contributed by atoms with van der Waals surface area (Å²) in [5.41, 5.74) is 1.54. The van der Waals surface area contributed by atoms with Crippen LogP contribution in [0, 0.1) is 5.82 Å². The maximum Gasteiger partial charge on any atom is 0.333 e. The Hall–Kier alpha value is -3.57. The number of H-pyrrole nitrogens is 1. The van der Waals surface area contributed by atoms with E-state index >= 15 is 4.39 Å². The van der Waals surface area contributed by atoms with Crippen LogP contribution >= 0.6 is 11.6 Å². The minimum Gasteiger partial charge on any atom is -0.463 e. The number of pyridine rings is 1. The van der Waals surface area contributed by atoms with Crippen molar-refractivity contribution < 1.29 is 23.5 Å². The lowest BCUT2D eigenvalue weighted by atomic mass is 9.87. The highest BCUT2D eigenvalue weighted by atomic mass is 35.5. The molecule has 0 bridgehead atoms. The van der Waals surface area contributed by atoms with Crippen molar-refractivity contribution >= 4 is 40.3 Å². The van der Waals surface area contributed by atoms with Crippen LogP contribution in [0.25, 0.3) is 22.4 Å². The molecule has 4 rings (SSSR count). The van der Waals surface area contributed by atoms with Gasteiger partial charge in [-0.2, -0.15) is 0 Å². The average molecular weight is 559 g/mol. The molecule has 208 valence electrons. The predicted octanol–water partition coefficient (Wildman–Crippen LogP) is 4.56. The molecule has 3 aromatic rings. The molecule has 0 radical (unpaired) electrons.